The van der Waals surface area contributed by atoms with Crippen LogP contribution in [0.2, 0.25) is 5.02 Å². The van der Waals surface area contributed by atoms with Gasteiger partial charge in [0.15, 0.2) is 22.5 Å². The second-order valence-electron chi connectivity index (χ2n) is 6.00. The number of halogens is 1. The Morgan fingerprint density at radius 3 is 3.00 bits per heavy atom. The van der Waals surface area contributed by atoms with Crippen molar-refractivity contribution < 1.29 is 5.11 Å². The van der Waals surface area contributed by atoms with Crippen LogP contribution in [0, 0.1) is 6.92 Å². The Balaban J connectivity index is 1.60. The van der Waals surface area contributed by atoms with E-state index in [9.17, 15) is 0 Å². The molecule has 0 radical (unpaired) electrons. The summed E-state index contributed by atoms with van der Waals surface area (Å²) in [5.74, 6) is 2.28. The molecular weight excluding hydrogens is 360 g/mol. The zero-order chi connectivity index (χ0) is 17.4. The Bertz CT molecular complexity index is 904. The number of aliphatic hydroxyl groups is 1. The van der Waals surface area contributed by atoms with Crippen molar-refractivity contribution in [2.75, 3.05) is 11.9 Å². The molecule has 0 unspecified atom stereocenters. The SMILES string of the molecule is Cc1nc(-c2ncc(Cl)c(Nc3cc(C4CC4)[nH]n3)n2)sc1CCO. The fraction of sp³-hybridized carbons (Fsp3) is 0.375. The first-order chi connectivity index (χ1) is 12.1. The van der Waals surface area contributed by atoms with Crippen molar-refractivity contribution in [3.63, 3.8) is 0 Å². The number of anilines is 2. The van der Waals surface area contributed by atoms with Crippen molar-refractivity contribution >= 4 is 34.6 Å². The van der Waals surface area contributed by atoms with Crippen molar-refractivity contribution in [2.45, 2.75) is 32.1 Å². The van der Waals surface area contributed by atoms with Crippen LogP contribution in [0.15, 0.2) is 12.3 Å². The molecule has 130 valence electrons. The first-order valence-corrected chi connectivity index (χ1v) is 9.26. The number of rotatable bonds is 6. The van der Waals surface area contributed by atoms with Gasteiger partial charge in [-0.15, -0.1) is 11.3 Å². The van der Waals surface area contributed by atoms with E-state index in [2.05, 4.69) is 30.5 Å². The zero-order valence-corrected chi connectivity index (χ0v) is 15.2. The second kappa shape index (κ2) is 6.70. The third-order valence-corrected chi connectivity index (χ3v) is 5.52. The number of H-pyrrole nitrogens is 1. The van der Waals surface area contributed by atoms with Crippen LogP contribution in [0.1, 0.15) is 35.0 Å². The predicted octanol–water partition coefficient (Wildman–Crippen LogP) is 3.44. The minimum atomic E-state index is 0.0965. The van der Waals surface area contributed by atoms with Crippen LogP contribution < -0.4 is 5.32 Å². The minimum Gasteiger partial charge on any atom is -0.396 e. The normalized spacial score (nSPS) is 14.0. The molecule has 0 bridgehead atoms. The van der Waals surface area contributed by atoms with E-state index < -0.39 is 0 Å². The van der Waals surface area contributed by atoms with Crippen molar-refractivity contribution in [3.05, 3.63) is 33.6 Å². The molecule has 3 aromatic rings. The van der Waals surface area contributed by atoms with Gasteiger partial charge in [0.05, 0.1) is 11.9 Å². The minimum absolute atomic E-state index is 0.0965. The molecule has 3 aromatic heterocycles. The molecular formula is C16H17ClN6OS. The van der Waals surface area contributed by atoms with Crippen LogP contribution >= 0.6 is 22.9 Å². The molecule has 0 atom stereocenters. The summed E-state index contributed by atoms with van der Waals surface area (Å²) in [5, 5.41) is 20.7. The number of aliphatic hydroxyl groups excluding tert-OH is 1. The summed E-state index contributed by atoms with van der Waals surface area (Å²) in [6.45, 7) is 2.02. The molecule has 9 heteroatoms. The van der Waals surface area contributed by atoms with Crippen LogP contribution in [0.4, 0.5) is 11.6 Å². The Hall–Kier alpha value is -2.03. The van der Waals surface area contributed by atoms with Crippen molar-refractivity contribution in [2.24, 2.45) is 0 Å². The molecule has 0 aromatic carbocycles. The van der Waals surface area contributed by atoms with Crippen molar-refractivity contribution in [1.82, 2.24) is 25.1 Å². The summed E-state index contributed by atoms with van der Waals surface area (Å²) in [5.41, 5.74) is 2.03. The van der Waals surface area contributed by atoms with Gasteiger partial charge in [-0.2, -0.15) is 5.10 Å². The highest BCUT2D eigenvalue weighted by atomic mass is 35.5. The van der Waals surface area contributed by atoms with Gasteiger partial charge in [-0.25, -0.2) is 15.0 Å². The van der Waals surface area contributed by atoms with E-state index in [4.69, 9.17) is 16.7 Å². The lowest BCUT2D eigenvalue weighted by molar-refractivity contribution is 0.300. The summed E-state index contributed by atoms with van der Waals surface area (Å²) >= 11 is 7.71. The molecule has 25 heavy (non-hydrogen) atoms. The summed E-state index contributed by atoms with van der Waals surface area (Å²) in [7, 11) is 0. The van der Waals surface area contributed by atoms with E-state index in [1.807, 2.05) is 13.0 Å². The monoisotopic (exact) mass is 376 g/mol. The molecule has 4 rings (SSSR count). The fourth-order valence-electron chi connectivity index (χ4n) is 2.54. The maximum atomic E-state index is 9.12. The second-order valence-corrected chi connectivity index (χ2v) is 7.49. The third-order valence-electron chi connectivity index (χ3n) is 4.03. The number of nitrogens with one attached hydrogen (secondary N) is 2. The Kier molecular flexibility index (Phi) is 4.41. The number of aromatic amines is 1. The molecule has 0 spiro atoms. The average Bonchev–Trinajstić information content (AvgIpc) is 3.24. The maximum Gasteiger partial charge on any atom is 0.190 e. The van der Waals surface area contributed by atoms with E-state index in [-0.39, 0.29) is 6.61 Å². The van der Waals surface area contributed by atoms with Crippen molar-refractivity contribution in [1.29, 1.82) is 0 Å². The van der Waals surface area contributed by atoms with E-state index in [1.54, 1.807) is 6.20 Å². The highest BCUT2D eigenvalue weighted by Gasteiger charge is 2.25. The lowest BCUT2D eigenvalue weighted by Gasteiger charge is -2.05. The molecule has 0 saturated heterocycles. The molecule has 7 nitrogen and oxygen atoms in total. The van der Waals surface area contributed by atoms with E-state index in [1.165, 1.54) is 24.2 Å². The highest BCUT2D eigenvalue weighted by Crippen LogP contribution is 2.40. The molecule has 1 saturated carbocycles. The summed E-state index contributed by atoms with van der Waals surface area (Å²) in [4.78, 5) is 14.3. The number of thiazole rings is 1. The zero-order valence-electron chi connectivity index (χ0n) is 13.6. The van der Waals surface area contributed by atoms with E-state index >= 15 is 0 Å². The fourth-order valence-corrected chi connectivity index (χ4v) is 3.67. The standard InChI is InChI=1S/C16H17ClN6OS/c1-8-12(4-5-24)25-16(19-8)15-18-7-10(17)14(21-15)20-13-6-11(22-23-13)9-2-3-9/h6-7,9,24H,2-5H2,1H3,(H2,18,20,21,22,23). The Morgan fingerprint density at radius 1 is 1.40 bits per heavy atom. The Labute approximate surface area is 153 Å². The highest BCUT2D eigenvalue weighted by molar-refractivity contribution is 7.15. The number of aromatic nitrogens is 5. The largest absolute Gasteiger partial charge is 0.396 e. The van der Waals surface area contributed by atoms with Gasteiger partial charge in [0.25, 0.3) is 0 Å². The third kappa shape index (κ3) is 3.51. The lowest BCUT2D eigenvalue weighted by Crippen LogP contribution is -1.98. The molecule has 3 heterocycles. The lowest BCUT2D eigenvalue weighted by atomic mass is 10.3. The molecule has 1 fully saturated rings. The molecule has 0 amide bonds. The van der Waals surface area contributed by atoms with Gasteiger partial charge in [-0.05, 0) is 19.8 Å². The number of hydrogen-bond donors (Lipinski definition) is 3. The van der Waals surface area contributed by atoms with Gasteiger partial charge in [-0.3, -0.25) is 5.10 Å². The maximum absolute atomic E-state index is 9.12. The topological polar surface area (TPSA) is 99.6 Å². The van der Waals surface area contributed by atoms with E-state index in [0.717, 1.165) is 16.3 Å². The van der Waals surface area contributed by atoms with Gasteiger partial charge in [0.2, 0.25) is 0 Å². The molecule has 0 aliphatic heterocycles. The average molecular weight is 377 g/mol. The van der Waals surface area contributed by atoms with E-state index in [0.29, 0.717) is 39.8 Å². The van der Waals surface area contributed by atoms with Crippen LogP contribution in [-0.4, -0.2) is 36.9 Å². The van der Waals surface area contributed by atoms with Gasteiger partial charge in [0.1, 0.15) is 5.02 Å². The van der Waals surface area contributed by atoms with Gasteiger partial charge in [0, 0.05) is 35.6 Å². The number of nitrogens with zero attached hydrogens (tertiary/aromatic N) is 4. The molecule has 1 aliphatic rings. The van der Waals surface area contributed by atoms with Gasteiger partial charge >= 0.3 is 0 Å². The van der Waals surface area contributed by atoms with Crippen LogP contribution in [-0.2, 0) is 6.42 Å². The van der Waals surface area contributed by atoms with Gasteiger partial charge in [-0.1, -0.05) is 11.6 Å². The Morgan fingerprint density at radius 2 is 2.24 bits per heavy atom. The number of aryl methyl sites for hydroxylation is 1. The summed E-state index contributed by atoms with van der Waals surface area (Å²) in [6.07, 6.45) is 4.56. The first kappa shape index (κ1) is 16.4. The first-order valence-electron chi connectivity index (χ1n) is 8.06. The van der Waals surface area contributed by atoms with Crippen LogP contribution in [0.5, 0.6) is 0 Å². The number of hydrogen-bond acceptors (Lipinski definition) is 7. The predicted molar refractivity (Wildman–Crippen MR) is 97.5 cm³/mol. The van der Waals surface area contributed by atoms with Crippen LogP contribution in [0.3, 0.4) is 0 Å². The summed E-state index contributed by atoms with van der Waals surface area (Å²) < 4.78 is 0. The smallest absolute Gasteiger partial charge is 0.190 e. The van der Waals surface area contributed by atoms with Crippen LogP contribution in [0.25, 0.3) is 10.8 Å². The van der Waals surface area contributed by atoms with Gasteiger partial charge < -0.3 is 10.4 Å². The summed E-state index contributed by atoms with van der Waals surface area (Å²) in [6, 6.07) is 1.99. The van der Waals surface area contributed by atoms with Crippen molar-refractivity contribution in [3.8, 4) is 10.8 Å². The quantitative estimate of drug-likeness (QED) is 0.609. The molecule has 1 aliphatic carbocycles. The molecule has 3 N–H and O–H groups in total.